The molecule has 1 aromatic heterocycles. The lowest BCUT2D eigenvalue weighted by atomic mass is 10.1. The van der Waals surface area contributed by atoms with Gasteiger partial charge in [-0.2, -0.15) is 0 Å². The summed E-state index contributed by atoms with van der Waals surface area (Å²) in [5.74, 6) is 0.387. The van der Waals surface area contributed by atoms with Gasteiger partial charge < -0.3 is 19.5 Å². The molecule has 28 heavy (non-hydrogen) atoms. The van der Waals surface area contributed by atoms with Gasteiger partial charge in [0.25, 0.3) is 0 Å². The first-order valence-corrected chi connectivity index (χ1v) is 9.69. The Labute approximate surface area is 176 Å². The Morgan fingerprint density at radius 1 is 1.00 bits per heavy atom. The van der Waals surface area contributed by atoms with Crippen molar-refractivity contribution < 1.29 is 18.6 Å². The third-order valence-corrected chi connectivity index (χ3v) is 4.02. The second-order valence-corrected chi connectivity index (χ2v) is 7.63. The normalized spacial score (nSPS) is 11.7. The summed E-state index contributed by atoms with van der Waals surface area (Å²) in [5.41, 5.74) is 3.10. The quantitative estimate of drug-likeness (QED) is 0.271. The fraction of sp³-hybridized carbons (Fsp3) is 0.350. The molecule has 1 heterocycles. The minimum atomic E-state index is -1.14. The average Bonchev–Trinajstić information content (AvgIpc) is 2.70. The number of hydrogen-bond donors (Lipinski definition) is 3. The van der Waals surface area contributed by atoms with E-state index in [0.29, 0.717) is 19.1 Å². The predicted octanol–water partition coefficient (Wildman–Crippen LogP) is 4.19. The number of nitrogens with one attached hydrogen (secondary N) is 1. The molecule has 0 aliphatic carbocycles. The van der Waals surface area contributed by atoms with E-state index in [4.69, 9.17) is 14.2 Å². The highest BCUT2D eigenvalue weighted by molar-refractivity contribution is 8.00. The summed E-state index contributed by atoms with van der Waals surface area (Å²) >= 11 is 8.66. The molecule has 5 nitrogen and oxygen atoms in total. The second kappa shape index (κ2) is 12.0. The molecule has 0 amide bonds. The second-order valence-electron chi connectivity index (χ2n) is 5.83. The molecule has 0 aliphatic heterocycles. The van der Waals surface area contributed by atoms with Gasteiger partial charge in [-0.05, 0) is 29.3 Å². The number of pyridine rings is 1. The van der Waals surface area contributed by atoms with E-state index in [-0.39, 0.29) is 13.2 Å². The van der Waals surface area contributed by atoms with Gasteiger partial charge in [0.2, 0.25) is 10.1 Å². The van der Waals surface area contributed by atoms with Crippen LogP contribution in [0, 0.1) is 0 Å². The first-order chi connectivity index (χ1) is 13.5. The molecule has 2 rings (SSSR count). The molecule has 0 saturated heterocycles. The van der Waals surface area contributed by atoms with Crippen molar-refractivity contribution in [3.8, 4) is 5.88 Å². The van der Waals surface area contributed by atoms with Gasteiger partial charge >= 0.3 is 0 Å². The largest absolute Gasteiger partial charge is 0.448 e. The monoisotopic (exact) mass is 424 g/mol. The summed E-state index contributed by atoms with van der Waals surface area (Å²) in [4.78, 5) is 4.27. The highest BCUT2D eigenvalue weighted by Gasteiger charge is 2.23. The van der Waals surface area contributed by atoms with Gasteiger partial charge in [0.15, 0.2) is 0 Å². The van der Waals surface area contributed by atoms with E-state index < -0.39 is 10.9 Å². The highest BCUT2D eigenvalue weighted by Crippen LogP contribution is 2.24. The van der Waals surface area contributed by atoms with Crippen molar-refractivity contribution in [3.63, 3.8) is 0 Å². The molecule has 1 N–H and O–H groups in total. The summed E-state index contributed by atoms with van der Waals surface area (Å²) < 4.78 is 26.8. The van der Waals surface area contributed by atoms with E-state index in [0.717, 1.165) is 16.8 Å². The van der Waals surface area contributed by atoms with Crippen LogP contribution in [0.2, 0.25) is 0 Å². The first kappa shape index (κ1) is 22.5. The van der Waals surface area contributed by atoms with Crippen LogP contribution < -0.4 is 10.1 Å². The highest BCUT2D eigenvalue weighted by atomic mass is 32.2. The van der Waals surface area contributed by atoms with Gasteiger partial charge in [-0.3, -0.25) is 0 Å². The molecular formula is C20H25FN2O3S2. The zero-order valence-electron chi connectivity index (χ0n) is 15.7. The van der Waals surface area contributed by atoms with Crippen LogP contribution in [-0.2, 0) is 9.47 Å². The molecule has 0 bridgehead atoms. The van der Waals surface area contributed by atoms with Crippen LogP contribution >= 0.6 is 25.3 Å². The van der Waals surface area contributed by atoms with Crippen LogP contribution in [0.1, 0.15) is 11.1 Å². The Kier molecular flexibility index (Phi) is 9.63. The number of benzene rings is 1. The Bertz CT molecular complexity index is 725. The molecule has 8 heteroatoms. The van der Waals surface area contributed by atoms with Crippen molar-refractivity contribution >= 4 is 43.1 Å². The van der Waals surface area contributed by atoms with Crippen molar-refractivity contribution in [1.82, 2.24) is 4.98 Å². The van der Waals surface area contributed by atoms with Crippen molar-refractivity contribution in [2.45, 2.75) is 4.27 Å². The summed E-state index contributed by atoms with van der Waals surface area (Å²) in [6, 6.07) is 11.7. The molecular weight excluding hydrogens is 399 g/mol. The van der Waals surface area contributed by atoms with Crippen LogP contribution in [0.15, 0.2) is 42.6 Å². The van der Waals surface area contributed by atoms with Crippen LogP contribution in [-0.4, -0.2) is 49.4 Å². The average molecular weight is 425 g/mol. The van der Waals surface area contributed by atoms with Crippen LogP contribution in [0.25, 0.3) is 12.2 Å². The number of nitrogens with zero attached hydrogens (tertiary/aromatic N) is 1. The number of ether oxygens (including phenoxy) is 3. The van der Waals surface area contributed by atoms with Crippen molar-refractivity contribution in [2.75, 3.05) is 45.5 Å². The number of rotatable bonds is 12. The van der Waals surface area contributed by atoms with Crippen LogP contribution in [0.5, 0.6) is 5.88 Å². The third-order valence-electron chi connectivity index (χ3n) is 3.58. The van der Waals surface area contributed by atoms with E-state index in [1.54, 1.807) is 12.3 Å². The van der Waals surface area contributed by atoms with Crippen LogP contribution in [0.4, 0.5) is 10.1 Å². The molecule has 2 aromatic rings. The molecule has 0 aliphatic rings. The lowest BCUT2D eigenvalue weighted by Gasteiger charge is -2.23. The Morgan fingerprint density at radius 2 is 1.68 bits per heavy atom. The zero-order chi connectivity index (χ0) is 20.2. The van der Waals surface area contributed by atoms with E-state index in [9.17, 15) is 4.39 Å². The first-order valence-electron chi connectivity index (χ1n) is 8.79. The van der Waals surface area contributed by atoms with Gasteiger partial charge in [0, 0.05) is 25.0 Å². The summed E-state index contributed by atoms with van der Waals surface area (Å²) in [6.45, 7) is 0.283. The molecule has 0 spiro atoms. The van der Waals surface area contributed by atoms with Gasteiger partial charge in [0.1, 0.15) is 13.3 Å². The molecule has 152 valence electrons. The molecule has 0 fully saturated rings. The topological polar surface area (TPSA) is 52.6 Å². The molecule has 0 atom stereocenters. The van der Waals surface area contributed by atoms with Crippen LogP contribution in [0.3, 0.4) is 0 Å². The molecule has 1 aromatic carbocycles. The minimum absolute atomic E-state index is 0.0682. The van der Waals surface area contributed by atoms with Crippen molar-refractivity contribution in [3.05, 3.63) is 53.7 Å². The third kappa shape index (κ3) is 8.52. The smallest absolute Gasteiger partial charge is 0.221 e. The number of alkyl halides is 1. The number of anilines is 1. The number of halogens is 1. The lowest BCUT2D eigenvalue weighted by molar-refractivity contribution is 0.0209. The Morgan fingerprint density at radius 3 is 2.32 bits per heavy atom. The Balaban J connectivity index is 1.81. The van der Waals surface area contributed by atoms with Gasteiger partial charge in [-0.15, -0.1) is 25.3 Å². The van der Waals surface area contributed by atoms with Crippen molar-refractivity contribution in [2.24, 2.45) is 0 Å². The van der Waals surface area contributed by atoms with E-state index in [1.165, 1.54) is 0 Å². The fourth-order valence-corrected chi connectivity index (χ4v) is 2.55. The summed E-state index contributed by atoms with van der Waals surface area (Å²) in [7, 11) is 1.89. The number of hydrogen-bond acceptors (Lipinski definition) is 7. The Hall–Kier alpha value is -1.74. The van der Waals surface area contributed by atoms with Gasteiger partial charge in [0.05, 0.1) is 19.8 Å². The van der Waals surface area contributed by atoms with Crippen molar-refractivity contribution in [1.29, 1.82) is 0 Å². The predicted molar refractivity (Wildman–Crippen MR) is 118 cm³/mol. The van der Waals surface area contributed by atoms with E-state index >= 15 is 0 Å². The van der Waals surface area contributed by atoms with E-state index in [2.05, 4.69) is 35.6 Å². The summed E-state index contributed by atoms with van der Waals surface area (Å²) in [6.07, 6.45) is 5.69. The zero-order valence-corrected chi connectivity index (χ0v) is 17.5. The van der Waals surface area contributed by atoms with Gasteiger partial charge in [-0.1, -0.05) is 24.3 Å². The maximum absolute atomic E-state index is 11.9. The number of aromatic nitrogens is 1. The number of thiol groups is 2. The standard InChI is InChI=1S/C20H25FN2O3S2/c1-22-18-7-4-16(5-8-18)2-3-17-6-9-19(23-14-17)26-20(27,28)15-25-13-12-24-11-10-21/h2-9,14,22,27-28H,10-13,15H2,1H3/b3-2+. The van der Waals surface area contributed by atoms with E-state index in [1.807, 2.05) is 49.5 Å². The fourth-order valence-electron chi connectivity index (χ4n) is 2.18. The SMILES string of the molecule is CNc1ccc(/C=C/c2ccc(OC(S)(S)COCCOCCF)nc2)cc1. The van der Waals surface area contributed by atoms with Gasteiger partial charge in [-0.25, -0.2) is 9.37 Å². The molecule has 0 unspecified atom stereocenters. The maximum Gasteiger partial charge on any atom is 0.221 e. The summed E-state index contributed by atoms with van der Waals surface area (Å²) in [5, 5.41) is 3.09. The molecule has 0 saturated carbocycles. The maximum atomic E-state index is 11.9. The lowest BCUT2D eigenvalue weighted by Crippen LogP contribution is -2.29. The molecule has 0 radical (unpaired) electrons. The minimum Gasteiger partial charge on any atom is -0.448 e.